The van der Waals surface area contributed by atoms with Gasteiger partial charge in [0.05, 0.1) is 6.61 Å². The molecule has 4 nitrogen and oxygen atoms in total. The first-order valence-electron chi connectivity index (χ1n) is 6.33. The molecule has 2 rings (SSSR count). The van der Waals surface area contributed by atoms with E-state index in [0.717, 1.165) is 9.99 Å². The Bertz CT molecular complexity index is 480. The summed E-state index contributed by atoms with van der Waals surface area (Å²) < 4.78 is 6.12. The fourth-order valence-corrected chi connectivity index (χ4v) is 2.47. The Morgan fingerprint density at radius 3 is 2.42 bits per heavy atom. The molecule has 0 heterocycles. The van der Waals surface area contributed by atoms with Gasteiger partial charge in [-0.05, 0) is 66.6 Å². The zero-order valence-corrected chi connectivity index (χ0v) is 12.9. The van der Waals surface area contributed by atoms with E-state index in [4.69, 9.17) is 4.74 Å². The third-order valence-corrected chi connectivity index (χ3v) is 4.13. The fraction of sp³-hybridized carbons (Fsp3) is 0.429. The molecule has 1 saturated carbocycles. The first-order valence-corrected chi connectivity index (χ1v) is 7.40. The number of nitrogens with one attached hydrogen (secondary N) is 1. The zero-order chi connectivity index (χ0) is 13.9. The van der Waals surface area contributed by atoms with Crippen LogP contribution in [0, 0.1) is 8.99 Å². The lowest BCUT2D eigenvalue weighted by Crippen LogP contribution is -2.49. The summed E-state index contributed by atoms with van der Waals surface area (Å²) in [6, 6.07) is 7.48. The first-order chi connectivity index (χ1) is 9.08. The van der Waals surface area contributed by atoms with E-state index >= 15 is 0 Å². The molecule has 0 radical (unpaired) electrons. The number of halogens is 1. The molecule has 1 aliphatic rings. The predicted octanol–water partition coefficient (Wildman–Crippen LogP) is 2.96. The molecule has 0 bridgehead atoms. The third kappa shape index (κ3) is 2.91. The van der Waals surface area contributed by atoms with Crippen molar-refractivity contribution < 1.29 is 14.3 Å². The van der Waals surface area contributed by atoms with Gasteiger partial charge in [-0.1, -0.05) is 6.42 Å². The van der Waals surface area contributed by atoms with Crippen LogP contribution in [0.2, 0.25) is 0 Å². The van der Waals surface area contributed by atoms with Crippen molar-refractivity contribution in [2.45, 2.75) is 26.2 Å². The van der Waals surface area contributed by atoms with Crippen molar-refractivity contribution in [1.82, 2.24) is 0 Å². The summed E-state index contributed by atoms with van der Waals surface area (Å²) in [5.74, 6) is -0.650. The largest absolute Gasteiger partial charge is 0.465 e. The molecule has 1 aromatic rings. The molecule has 1 amide bonds. The van der Waals surface area contributed by atoms with E-state index in [9.17, 15) is 9.59 Å². The first kappa shape index (κ1) is 14.3. The van der Waals surface area contributed by atoms with Gasteiger partial charge < -0.3 is 10.1 Å². The molecule has 0 aliphatic heterocycles. The number of esters is 1. The summed E-state index contributed by atoms with van der Waals surface area (Å²) in [5, 5.41) is 2.81. The van der Waals surface area contributed by atoms with Gasteiger partial charge in [-0.15, -0.1) is 0 Å². The molecule has 19 heavy (non-hydrogen) atoms. The molecule has 0 atom stereocenters. The summed E-state index contributed by atoms with van der Waals surface area (Å²) in [4.78, 5) is 24.3. The maximum atomic E-state index is 12.3. The van der Waals surface area contributed by atoms with Gasteiger partial charge in [-0.25, -0.2) is 0 Å². The minimum absolute atomic E-state index is 0.251. The molecule has 5 heteroatoms. The topological polar surface area (TPSA) is 55.4 Å². The van der Waals surface area contributed by atoms with E-state index in [2.05, 4.69) is 27.9 Å². The quantitative estimate of drug-likeness (QED) is 0.502. The Balaban J connectivity index is 2.09. The molecule has 0 spiro atoms. The Kier molecular flexibility index (Phi) is 4.44. The number of ether oxygens (including phenoxy) is 1. The van der Waals surface area contributed by atoms with Gasteiger partial charge in [0.1, 0.15) is 5.41 Å². The van der Waals surface area contributed by atoms with E-state index in [1.165, 1.54) is 0 Å². The SMILES string of the molecule is CCOC(=O)C1(C(=O)Nc2ccc(I)cc2)CCC1. The predicted molar refractivity (Wildman–Crippen MR) is 80.7 cm³/mol. The number of hydrogen-bond acceptors (Lipinski definition) is 3. The van der Waals surface area contributed by atoms with Gasteiger partial charge in [0, 0.05) is 9.26 Å². The smallest absolute Gasteiger partial charge is 0.321 e. The van der Waals surface area contributed by atoms with Crippen LogP contribution in [0.15, 0.2) is 24.3 Å². The van der Waals surface area contributed by atoms with Gasteiger partial charge in [0.2, 0.25) is 5.91 Å². The maximum Gasteiger partial charge on any atom is 0.321 e. The van der Waals surface area contributed by atoms with Crippen molar-refractivity contribution in [2.24, 2.45) is 5.41 Å². The lowest BCUT2D eigenvalue weighted by molar-refractivity contribution is -0.165. The van der Waals surface area contributed by atoms with Crippen molar-refractivity contribution in [2.75, 3.05) is 11.9 Å². The molecule has 0 aromatic heterocycles. The van der Waals surface area contributed by atoms with Crippen molar-refractivity contribution in [1.29, 1.82) is 0 Å². The second-order valence-corrected chi connectivity index (χ2v) is 5.86. The fourth-order valence-electron chi connectivity index (χ4n) is 2.11. The Labute approximate surface area is 126 Å². The molecule has 102 valence electrons. The van der Waals surface area contributed by atoms with Gasteiger partial charge in [-0.2, -0.15) is 0 Å². The Hall–Kier alpha value is -1.11. The lowest BCUT2D eigenvalue weighted by atomic mass is 9.68. The highest BCUT2D eigenvalue weighted by Crippen LogP contribution is 2.43. The van der Waals surface area contributed by atoms with E-state index < -0.39 is 11.4 Å². The number of carbonyl (C=O) groups is 2. The number of amides is 1. The zero-order valence-electron chi connectivity index (χ0n) is 10.7. The Morgan fingerprint density at radius 1 is 1.32 bits per heavy atom. The molecular formula is C14H16INO3. The third-order valence-electron chi connectivity index (χ3n) is 3.41. The normalized spacial score (nSPS) is 16.3. The van der Waals surface area contributed by atoms with Crippen LogP contribution >= 0.6 is 22.6 Å². The van der Waals surface area contributed by atoms with Crippen molar-refractivity contribution in [3.05, 3.63) is 27.8 Å². The van der Waals surface area contributed by atoms with Crippen LogP contribution in [0.25, 0.3) is 0 Å². The van der Waals surface area contributed by atoms with Crippen LogP contribution in [0.5, 0.6) is 0 Å². The van der Waals surface area contributed by atoms with Crippen LogP contribution in [0.1, 0.15) is 26.2 Å². The second kappa shape index (κ2) is 5.90. The van der Waals surface area contributed by atoms with Gasteiger partial charge in [0.25, 0.3) is 0 Å². The average molecular weight is 373 g/mol. The molecule has 0 unspecified atom stereocenters. The summed E-state index contributed by atoms with van der Waals surface area (Å²) in [7, 11) is 0. The van der Waals surface area contributed by atoms with Gasteiger partial charge >= 0.3 is 5.97 Å². The van der Waals surface area contributed by atoms with Crippen LogP contribution in [0.3, 0.4) is 0 Å². The highest BCUT2D eigenvalue weighted by molar-refractivity contribution is 14.1. The highest BCUT2D eigenvalue weighted by atomic mass is 127. The maximum absolute atomic E-state index is 12.3. The van der Waals surface area contributed by atoms with E-state index in [1.807, 2.05) is 24.3 Å². The molecule has 0 saturated heterocycles. The lowest BCUT2D eigenvalue weighted by Gasteiger charge is -2.37. The van der Waals surface area contributed by atoms with Gasteiger partial charge in [0.15, 0.2) is 0 Å². The number of carbonyl (C=O) groups excluding carboxylic acids is 2. The summed E-state index contributed by atoms with van der Waals surface area (Å²) in [6.07, 6.45) is 2.03. The molecule has 1 aliphatic carbocycles. The monoisotopic (exact) mass is 373 g/mol. The number of anilines is 1. The Morgan fingerprint density at radius 2 is 1.95 bits per heavy atom. The highest BCUT2D eigenvalue weighted by Gasteiger charge is 2.52. The summed E-state index contributed by atoms with van der Waals surface area (Å²) in [6.45, 7) is 2.05. The number of benzene rings is 1. The second-order valence-electron chi connectivity index (χ2n) is 4.62. The molecular weight excluding hydrogens is 357 g/mol. The molecule has 1 N–H and O–H groups in total. The van der Waals surface area contributed by atoms with Crippen LogP contribution in [-0.2, 0) is 14.3 Å². The summed E-state index contributed by atoms with van der Waals surface area (Å²) >= 11 is 2.20. The minimum Gasteiger partial charge on any atom is -0.465 e. The van der Waals surface area contributed by atoms with E-state index in [0.29, 0.717) is 25.1 Å². The van der Waals surface area contributed by atoms with E-state index in [-0.39, 0.29) is 5.91 Å². The average Bonchev–Trinajstić information content (AvgIpc) is 2.31. The molecule has 1 fully saturated rings. The molecule has 1 aromatic carbocycles. The van der Waals surface area contributed by atoms with E-state index in [1.54, 1.807) is 6.92 Å². The van der Waals surface area contributed by atoms with Crippen molar-refractivity contribution in [3.8, 4) is 0 Å². The number of rotatable bonds is 4. The van der Waals surface area contributed by atoms with Crippen LogP contribution in [0.4, 0.5) is 5.69 Å². The minimum atomic E-state index is -0.973. The standard InChI is InChI=1S/C14H16INO3/c1-2-19-13(18)14(8-3-9-14)12(17)16-11-6-4-10(15)5-7-11/h4-7H,2-3,8-9H2,1H3,(H,16,17). The van der Waals surface area contributed by atoms with Crippen LogP contribution < -0.4 is 5.32 Å². The van der Waals surface area contributed by atoms with Crippen molar-refractivity contribution in [3.63, 3.8) is 0 Å². The van der Waals surface area contributed by atoms with Gasteiger partial charge in [-0.3, -0.25) is 9.59 Å². The van der Waals surface area contributed by atoms with Crippen LogP contribution in [-0.4, -0.2) is 18.5 Å². The summed E-state index contributed by atoms with van der Waals surface area (Å²) in [5.41, 5.74) is -0.264. The number of hydrogen-bond donors (Lipinski definition) is 1. The van der Waals surface area contributed by atoms with Crippen molar-refractivity contribution >= 4 is 40.2 Å².